The van der Waals surface area contributed by atoms with Gasteiger partial charge in [-0.3, -0.25) is 0 Å². The summed E-state index contributed by atoms with van der Waals surface area (Å²) in [7, 11) is 0. The third-order valence-electron chi connectivity index (χ3n) is 2.51. The van der Waals surface area contributed by atoms with E-state index >= 15 is 0 Å². The SMILES string of the molecule is C=C(C)C(=O)OC(O)(CCCCO)OC(=O)/C(C)=C/C. The molecule has 0 rings (SSSR count). The van der Waals surface area contributed by atoms with Gasteiger partial charge >= 0.3 is 17.9 Å². The van der Waals surface area contributed by atoms with Crippen LogP contribution in [-0.2, 0) is 19.1 Å². The second kappa shape index (κ2) is 8.50. The largest absolute Gasteiger partial charge is 0.396 e. The van der Waals surface area contributed by atoms with Crippen molar-refractivity contribution in [2.45, 2.75) is 46.0 Å². The van der Waals surface area contributed by atoms with Gasteiger partial charge < -0.3 is 19.7 Å². The summed E-state index contributed by atoms with van der Waals surface area (Å²) in [5, 5.41) is 18.9. The van der Waals surface area contributed by atoms with Crippen molar-refractivity contribution in [1.82, 2.24) is 0 Å². The van der Waals surface area contributed by atoms with Gasteiger partial charge in [0.1, 0.15) is 0 Å². The molecule has 114 valence electrons. The predicted molar refractivity (Wildman–Crippen MR) is 72.3 cm³/mol. The first-order chi connectivity index (χ1) is 9.25. The molecule has 0 heterocycles. The quantitative estimate of drug-likeness (QED) is 0.303. The maximum absolute atomic E-state index is 11.7. The van der Waals surface area contributed by atoms with E-state index in [1.54, 1.807) is 6.92 Å². The summed E-state index contributed by atoms with van der Waals surface area (Å²) in [6.07, 6.45) is 2.08. The van der Waals surface area contributed by atoms with E-state index in [0.717, 1.165) is 0 Å². The summed E-state index contributed by atoms with van der Waals surface area (Å²) in [5.41, 5.74) is 0.348. The molecule has 0 bridgehead atoms. The number of allylic oxidation sites excluding steroid dienone is 1. The fourth-order valence-corrected chi connectivity index (χ4v) is 1.16. The summed E-state index contributed by atoms with van der Waals surface area (Å²) in [5.74, 6) is -4.00. The summed E-state index contributed by atoms with van der Waals surface area (Å²) in [6.45, 7) is 7.87. The Hall–Kier alpha value is -1.66. The van der Waals surface area contributed by atoms with Crippen molar-refractivity contribution >= 4 is 11.9 Å². The topological polar surface area (TPSA) is 93.1 Å². The first-order valence-electron chi connectivity index (χ1n) is 6.34. The van der Waals surface area contributed by atoms with Crippen LogP contribution < -0.4 is 0 Å². The summed E-state index contributed by atoms with van der Waals surface area (Å²) < 4.78 is 9.62. The number of unbranched alkanes of at least 4 members (excludes halogenated alkanes) is 1. The van der Waals surface area contributed by atoms with E-state index in [1.807, 2.05) is 0 Å². The minimum absolute atomic E-state index is 0.0735. The third kappa shape index (κ3) is 6.49. The molecule has 1 atom stereocenters. The molecular formula is C14H22O6. The minimum Gasteiger partial charge on any atom is -0.396 e. The molecule has 6 nitrogen and oxygen atoms in total. The average molecular weight is 286 g/mol. The van der Waals surface area contributed by atoms with Crippen LogP contribution in [0.3, 0.4) is 0 Å². The van der Waals surface area contributed by atoms with E-state index < -0.39 is 17.9 Å². The van der Waals surface area contributed by atoms with Crippen molar-refractivity contribution in [3.8, 4) is 0 Å². The van der Waals surface area contributed by atoms with Crippen LogP contribution in [-0.4, -0.2) is 34.7 Å². The molecule has 20 heavy (non-hydrogen) atoms. The monoisotopic (exact) mass is 286 g/mol. The Labute approximate surface area is 118 Å². The molecule has 0 aromatic heterocycles. The molecule has 0 fully saturated rings. The van der Waals surface area contributed by atoms with Gasteiger partial charge in [0.25, 0.3) is 0 Å². The molecule has 0 saturated heterocycles. The van der Waals surface area contributed by atoms with E-state index in [-0.39, 0.29) is 24.2 Å². The van der Waals surface area contributed by atoms with Gasteiger partial charge in [-0.15, -0.1) is 0 Å². The summed E-state index contributed by atoms with van der Waals surface area (Å²) in [6, 6.07) is 0. The molecule has 0 aliphatic heterocycles. The number of esters is 2. The highest BCUT2D eigenvalue weighted by molar-refractivity contribution is 5.89. The maximum Gasteiger partial charge on any atom is 0.373 e. The molecule has 0 aliphatic rings. The van der Waals surface area contributed by atoms with Gasteiger partial charge in [-0.2, -0.15) is 0 Å². The number of hydrogen-bond donors (Lipinski definition) is 2. The van der Waals surface area contributed by atoms with Gasteiger partial charge in [0.05, 0.1) is 6.42 Å². The Bertz CT molecular complexity index is 398. The van der Waals surface area contributed by atoms with Crippen LogP contribution in [0.2, 0.25) is 0 Å². The van der Waals surface area contributed by atoms with Gasteiger partial charge in [-0.05, 0) is 33.6 Å². The number of ether oxygens (including phenoxy) is 2. The van der Waals surface area contributed by atoms with Gasteiger partial charge in [0.15, 0.2) is 0 Å². The molecule has 0 saturated carbocycles. The van der Waals surface area contributed by atoms with E-state index in [0.29, 0.717) is 12.8 Å². The highest BCUT2D eigenvalue weighted by Crippen LogP contribution is 2.21. The lowest BCUT2D eigenvalue weighted by Crippen LogP contribution is -2.40. The second-order valence-corrected chi connectivity index (χ2v) is 4.42. The van der Waals surface area contributed by atoms with Crippen molar-refractivity contribution in [2.75, 3.05) is 6.61 Å². The fraction of sp³-hybridized carbons (Fsp3) is 0.571. The van der Waals surface area contributed by atoms with E-state index in [4.69, 9.17) is 14.6 Å². The Morgan fingerprint density at radius 2 is 1.75 bits per heavy atom. The molecule has 1 unspecified atom stereocenters. The highest BCUT2D eigenvalue weighted by Gasteiger charge is 2.36. The number of rotatable bonds is 8. The minimum atomic E-state index is -2.35. The number of carbonyl (C=O) groups excluding carboxylic acids is 2. The number of aliphatic hydroxyl groups excluding tert-OH is 1. The molecule has 0 spiro atoms. The first-order valence-corrected chi connectivity index (χ1v) is 6.34. The Kier molecular flexibility index (Phi) is 7.79. The summed E-state index contributed by atoms with van der Waals surface area (Å²) >= 11 is 0. The molecule has 6 heteroatoms. The zero-order valence-electron chi connectivity index (χ0n) is 12.1. The molecule has 2 N–H and O–H groups in total. The third-order valence-corrected chi connectivity index (χ3v) is 2.51. The van der Waals surface area contributed by atoms with Gasteiger partial charge in [-0.25, -0.2) is 9.59 Å². The highest BCUT2D eigenvalue weighted by atomic mass is 16.8. The molecule has 0 radical (unpaired) electrons. The van der Waals surface area contributed by atoms with Crippen LogP contribution in [0.5, 0.6) is 0 Å². The van der Waals surface area contributed by atoms with Gasteiger partial charge in [-0.1, -0.05) is 12.7 Å². The maximum atomic E-state index is 11.7. The lowest BCUT2D eigenvalue weighted by Gasteiger charge is -2.27. The average Bonchev–Trinajstić information content (AvgIpc) is 2.37. The molecular weight excluding hydrogens is 264 g/mol. The normalized spacial score (nSPS) is 14.3. The van der Waals surface area contributed by atoms with Crippen LogP contribution in [0.1, 0.15) is 40.0 Å². The number of hydrogen-bond acceptors (Lipinski definition) is 6. The smallest absolute Gasteiger partial charge is 0.373 e. The van der Waals surface area contributed by atoms with Crippen molar-refractivity contribution < 1.29 is 29.3 Å². The number of aliphatic hydroxyl groups is 2. The molecule has 0 amide bonds. The van der Waals surface area contributed by atoms with E-state index in [2.05, 4.69) is 6.58 Å². The molecule has 0 aliphatic carbocycles. The first kappa shape index (κ1) is 18.3. The zero-order valence-corrected chi connectivity index (χ0v) is 12.1. The van der Waals surface area contributed by atoms with Crippen LogP contribution >= 0.6 is 0 Å². The lowest BCUT2D eigenvalue weighted by molar-refractivity contribution is -0.325. The molecule has 0 aromatic carbocycles. The summed E-state index contributed by atoms with van der Waals surface area (Å²) in [4.78, 5) is 23.1. The van der Waals surface area contributed by atoms with Crippen LogP contribution in [0, 0.1) is 0 Å². The predicted octanol–water partition coefficient (Wildman–Crippen LogP) is 1.42. The van der Waals surface area contributed by atoms with Crippen LogP contribution in [0.15, 0.2) is 23.8 Å². The van der Waals surface area contributed by atoms with Gasteiger partial charge in [0.2, 0.25) is 0 Å². The molecule has 0 aromatic rings. The lowest BCUT2D eigenvalue weighted by atomic mass is 10.2. The van der Waals surface area contributed by atoms with E-state index in [1.165, 1.54) is 19.9 Å². The van der Waals surface area contributed by atoms with Crippen molar-refractivity contribution in [2.24, 2.45) is 0 Å². The number of carbonyl (C=O) groups is 2. The van der Waals surface area contributed by atoms with Gasteiger partial charge in [0, 0.05) is 17.8 Å². The standard InChI is InChI=1S/C14H22O6/c1-5-11(4)13(17)20-14(18,8-6-7-9-15)19-12(16)10(2)3/h5,15,18H,2,6-9H2,1,3-4H3/b11-5+. The van der Waals surface area contributed by atoms with Crippen molar-refractivity contribution in [3.05, 3.63) is 23.8 Å². The Balaban J connectivity index is 4.90. The fourth-order valence-electron chi connectivity index (χ4n) is 1.16. The van der Waals surface area contributed by atoms with Crippen LogP contribution in [0.25, 0.3) is 0 Å². The van der Waals surface area contributed by atoms with Crippen LogP contribution in [0.4, 0.5) is 0 Å². The van der Waals surface area contributed by atoms with E-state index in [9.17, 15) is 14.7 Å². The second-order valence-electron chi connectivity index (χ2n) is 4.42. The Morgan fingerprint density at radius 3 is 2.20 bits per heavy atom. The van der Waals surface area contributed by atoms with Crippen molar-refractivity contribution in [3.63, 3.8) is 0 Å². The zero-order chi connectivity index (χ0) is 15.8. The Morgan fingerprint density at radius 1 is 1.20 bits per heavy atom. The van der Waals surface area contributed by atoms with Crippen molar-refractivity contribution in [1.29, 1.82) is 0 Å².